The van der Waals surface area contributed by atoms with E-state index in [1.807, 2.05) is 6.07 Å². The summed E-state index contributed by atoms with van der Waals surface area (Å²) in [5, 5.41) is 8.58. The SMILES string of the molecule is CCCCCC(=O)Nc1cccc(NCC(=O)Nc2cccc(C(N)=O)c2)c1. The van der Waals surface area contributed by atoms with Crippen LogP contribution in [0.1, 0.15) is 43.0 Å². The van der Waals surface area contributed by atoms with Crippen LogP contribution in [-0.4, -0.2) is 24.3 Å². The van der Waals surface area contributed by atoms with E-state index >= 15 is 0 Å². The lowest BCUT2D eigenvalue weighted by atomic mass is 10.2. The predicted molar refractivity (Wildman–Crippen MR) is 111 cm³/mol. The molecule has 3 amide bonds. The smallest absolute Gasteiger partial charge is 0.248 e. The van der Waals surface area contributed by atoms with Crippen molar-refractivity contribution in [1.82, 2.24) is 0 Å². The molecule has 28 heavy (non-hydrogen) atoms. The maximum absolute atomic E-state index is 12.1. The number of rotatable bonds is 10. The van der Waals surface area contributed by atoms with Crippen LogP contribution in [-0.2, 0) is 9.59 Å². The lowest BCUT2D eigenvalue weighted by Crippen LogP contribution is -2.22. The zero-order valence-corrected chi connectivity index (χ0v) is 16.0. The molecule has 0 atom stereocenters. The highest BCUT2D eigenvalue weighted by Crippen LogP contribution is 2.16. The summed E-state index contributed by atoms with van der Waals surface area (Å²) >= 11 is 0. The van der Waals surface area contributed by atoms with Crippen molar-refractivity contribution in [2.24, 2.45) is 5.73 Å². The van der Waals surface area contributed by atoms with E-state index in [2.05, 4.69) is 22.9 Å². The highest BCUT2D eigenvalue weighted by Gasteiger charge is 2.06. The molecule has 7 heteroatoms. The Morgan fingerprint density at radius 3 is 2.21 bits per heavy atom. The van der Waals surface area contributed by atoms with Gasteiger partial charge in [0.15, 0.2) is 0 Å². The summed E-state index contributed by atoms with van der Waals surface area (Å²) in [4.78, 5) is 35.2. The number of carbonyl (C=O) groups is 3. The fraction of sp³-hybridized carbons (Fsp3) is 0.286. The van der Waals surface area contributed by atoms with Crippen LogP contribution in [0.2, 0.25) is 0 Å². The Kier molecular flexibility index (Phi) is 8.02. The molecule has 0 saturated heterocycles. The van der Waals surface area contributed by atoms with Gasteiger partial charge in [-0.15, -0.1) is 0 Å². The maximum atomic E-state index is 12.1. The number of primary amides is 1. The highest BCUT2D eigenvalue weighted by atomic mass is 16.2. The first-order chi connectivity index (χ1) is 13.5. The number of unbranched alkanes of at least 4 members (excludes halogenated alkanes) is 2. The molecule has 0 aliphatic heterocycles. The van der Waals surface area contributed by atoms with Crippen molar-refractivity contribution in [2.75, 3.05) is 22.5 Å². The molecule has 0 spiro atoms. The molecule has 0 bridgehead atoms. The average Bonchev–Trinajstić information content (AvgIpc) is 2.67. The largest absolute Gasteiger partial charge is 0.376 e. The van der Waals surface area contributed by atoms with Gasteiger partial charge in [-0.25, -0.2) is 0 Å². The van der Waals surface area contributed by atoms with Gasteiger partial charge in [0.2, 0.25) is 17.7 Å². The first-order valence-corrected chi connectivity index (χ1v) is 9.31. The number of carbonyl (C=O) groups excluding carboxylic acids is 3. The standard InChI is InChI=1S/C21H26N4O3/c1-2-3-4-11-19(26)24-18-10-6-8-16(13-18)23-14-20(27)25-17-9-5-7-15(12-17)21(22)28/h5-10,12-13,23H,2-4,11,14H2,1H3,(H2,22,28)(H,24,26)(H,25,27). The normalized spacial score (nSPS) is 10.2. The Bertz CT molecular complexity index is 836. The summed E-state index contributed by atoms with van der Waals surface area (Å²) in [7, 11) is 0. The second kappa shape index (κ2) is 10.7. The van der Waals surface area contributed by atoms with E-state index in [0.29, 0.717) is 29.0 Å². The van der Waals surface area contributed by atoms with Crippen LogP contribution < -0.4 is 21.7 Å². The maximum Gasteiger partial charge on any atom is 0.248 e. The highest BCUT2D eigenvalue weighted by molar-refractivity contribution is 5.97. The molecule has 0 saturated carbocycles. The van der Waals surface area contributed by atoms with Crippen molar-refractivity contribution in [3.63, 3.8) is 0 Å². The van der Waals surface area contributed by atoms with Gasteiger partial charge in [0.25, 0.3) is 0 Å². The molecule has 0 aromatic heterocycles. The Labute approximate surface area is 164 Å². The molecule has 0 unspecified atom stereocenters. The van der Waals surface area contributed by atoms with Crippen LogP contribution in [0.5, 0.6) is 0 Å². The number of benzene rings is 2. The van der Waals surface area contributed by atoms with E-state index in [1.54, 1.807) is 36.4 Å². The Balaban J connectivity index is 1.85. The van der Waals surface area contributed by atoms with Crippen molar-refractivity contribution in [3.8, 4) is 0 Å². The Morgan fingerprint density at radius 2 is 1.50 bits per heavy atom. The minimum Gasteiger partial charge on any atom is -0.376 e. The van der Waals surface area contributed by atoms with Gasteiger partial charge in [-0.1, -0.05) is 31.9 Å². The van der Waals surface area contributed by atoms with Crippen LogP contribution >= 0.6 is 0 Å². The first-order valence-electron chi connectivity index (χ1n) is 9.31. The molecular weight excluding hydrogens is 356 g/mol. The van der Waals surface area contributed by atoms with E-state index in [9.17, 15) is 14.4 Å². The Hall–Kier alpha value is -3.35. The van der Waals surface area contributed by atoms with Crippen molar-refractivity contribution < 1.29 is 14.4 Å². The molecule has 0 aliphatic carbocycles. The Morgan fingerprint density at radius 1 is 0.857 bits per heavy atom. The molecular formula is C21H26N4O3. The summed E-state index contributed by atoms with van der Waals surface area (Å²) in [6, 6.07) is 13.6. The summed E-state index contributed by atoms with van der Waals surface area (Å²) < 4.78 is 0. The van der Waals surface area contributed by atoms with Crippen molar-refractivity contribution in [3.05, 3.63) is 54.1 Å². The molecule has 0 aliphatic rings. The molecule has 2 rings (SSSR count). The van der Waals surface area contributed by atoms with Gasteiger partial charge in [0.05, 0.1) is 6.54 Å². The zero-order chi connectivity index (χ0) is 20.4. The van der Waals surface area contributed by atoms with Gasteiger partial charge in [0.1, 0.15) is 0 Å². The lowest BCUT2D eigenvalue weighted by molar-refractivity contribution is -0.116. The third-order valence-corrected chi connectivity index (χ3v) is 4.04. The number of hydrogen-bond donors (Lipinski definition) is 4. The number of nitrogens with one attached hydrogen (secondary N) is 3. The van der Waals surface area contributed by atoms with Crippen LogP contribution in [0.3, 0.4) is 0 Å². The minimum atomic E-state index is -0.553. The van der Waals surface area contributed by atoms with E-state index < -0.39 is 5.91 Å². The third-order valence-electron chi connectivity index (χ3n) is 4.04. The number of amides is 3. The summed E-state index contributed by atoms with van der Waals surface area (Å²) in [5.41, 5.74) is 7.46. The minimum absolute atomic E-state index is 0.0160. The monoisotopic (exact) mass is 382 g/mol. The van der Waals surface area contributed by atoms with E-state index in [1.165, 1.54) is 6.07 Å². The second-order valence-corrected chi connectivity index (χ2v) is 6.43. The van der Waals surface area contributed by atoms with Crippen LogP contribution in [0.4, 0.5) is 17.1 Å². The topological polar surface area (TPSA) is 113 Å². The van der Waals surface area contributed by atoms with Crippen LogP contribution in [0.25, 0.3) is 0 Å². The quantitative estimate of drug-likeness (QED) is 0.472. The van der Waals surface area contributed by atoms with Gasteiger partial charge >= 0.3 is 0 Å². The summed E-state index contributed by atoms with van der Waals surface area (Å²) in [6.45, 7) is 2.13. The summed E-state index contributed by atoms with van der Waals surface area (Å²) in [6.07, 6.45) is 3.48. The molecule has 5 N–H and O–H groups in total. The summed E-state index contributed by atoms with van der Waals surface area (Å²) in [5.74, 6) is -0.837. The van der Waals surface area contributed by atoms with Gasteiger partial charge in [-0.3, -0.25) is 14.4 Å². The van der Waals surface area contributed by atoms with E-state index in [4.69, 9.17) is 5.73 Å². The molecule has 2 aromatic carbocycles. The molecule has 0 heterocycles. The van der Waals surface area contributed by atoms with Gasteiger partial charge < -0.3 is 21.7 Å². The molecule has 0 fully saturated rings. The number of anilines is 3. The van der Waals surface area contributed by atoms with Crippen molar-refractivity contribution >= 4 is 34.8 Å². The lowest BCUT2D eigenvalue weighted by Gasteiger charge is -2.10. The number of hydrogen-bond acceptors (Lipinski definition) is 4. The van der Waals surface area contributed by atoms with E-state index in [-0.39, 0.29) is 18.4 Å². The zero-order valence-electron chi connectivity index (χ0n) is 16.0. The molecule has 0 radical (unpaired) electrons. The second-order valence-electron chi connectivity index (χ2n) is 6.43. The van der Waals surface area contributed by atoms with Gasteiger partial charge in [-0.05, 0) is 42.8 Å². The molecule has 2 aromatic rings. The number of nitrogens with two attached hydrogens (primary N) is 1. The van der Waals surface area contributed by atoms with E-state index in [0.717, 1.165) is 19.3 Å². The van der Waals surface area contributed by atoms with Gasteiger partial charge in [-0.2, -0.15) is 0 Å². The van der Waals surface area contributed by atoms with Gasteiger partial charge in [0, 0.05) is 29.0 Å². The average molecular weight is 382 g/mol. The first kappa shape index (κ1) is 21.0. The fourth-order valence-electron chi connectivity index (χ4n) is 2.60. The van der Waals surface area contributed by atoms with Crippen LogP contribution in [0.15, 0.2) is 48.5 Å². The molecule has 148 valence electrons. The fourth-order valence-corrected chi connectivity index (χ4v) is 2.60. The molecule has 7 nitrogen and oxygen atoms in total. The predicted octanol–water partition coefficient (Wildman–Crippen LogP) is 3.35. The van der Waals surface area contributed by atoms with Crippen molar-refractivity contribution in [1.29, 1.82) is 0 Å². The van der Waals surface area contributed by atoms with Crippen molar-refractivity contribution in [2.45, 2.75) is 32.6 Å². The third kappa shape index (κ3) is 7.11. The van der Waals surface area contributed by atoms with Crippen LogP contribution in [0, 0.1) is 0 Å².